The van der Waals surface area contributed by atoms with Gasteiger partial charge in [-0.1, -0.05) is 155 Å². The largest absolute Gasteiger partial charge is 0.340 e. The molecular formula is C96H103Cl2F2N15O10S6. The van der Waals surface area contributed by atoms with E-state index in [2.05, 4.69) is 111 Å². The Labute approximate surface area is 780 Å². The minimum atomic E-state index is -3.61. The van der Waals surface area contributed by atoms with Crippen LogP contribution >= 0.6 is 35.0 Å². The molecule has 0 bridgehead atoms. The number of nitrogens with one attached hydrogen (secondary N) is 5. The van der Waals surface area contributed by atoms with Gasteiger partial charge in [0, 0.05) is 116 Å². The Kier molecular flexibility index (Phi) is 33.1. The lowest BCUT2D eigenvalue weighted by molar-refractivity contribution is 0.129. The van der Waals surface area contributed by atoms with Crippen LogP contribution in [0.2, 0.25) is 10.0 Å². The van der Waals surface area contributed by atoms with Gasteiger partial charge in [0.15, 0.2) is 0 Å². The minimum Gasteiger partial charge on any atom is -0.340 e. The van der Waals surface area contributed by atoms with Crippen LogP contribution in [-0.4, -0.2) is 130 Å². The van der Waals surface area contributed by atoms with Crippen LogP contribution in [0, 0.1) is 27.7 Å². The molecule has 5 aromatic heterocycles. The quantitative estimate of drug-likeness (QED) is 0.0299. The summed E-state index contributed by atoms with van der Waals surface area (Å²) in [6.45, 7) is 8.94. The van der Waals surface area contributed by atoms with Gasteiger partial charge >= 0.3 is 0 Å². The van der Waals surface area contributed by atoms with E-state index >= 15 is 0 Å². The Morgan fingerprint density at radius 2 is 0.611 bits per heavy atom. The van der Waals surface area contributed by atoms with E-state index in [9.17, 15) is 50.9 Å². The van der Waals surface area contributed by atoms with Gasteiger partial charge in [-0.3, -0.25) is 0 Å². The van der Waals surface area contributed by atoms with Crippen molar-refractivity contribution < 1.29 is 50.9 Å². The molecule has 15 rings (SSSR count). The van der Waals surface area contributed by atoms with Gasteiger partial charge < -0.3 is 22.8 Å². The summed E-state index contributed by atoms with van der Waals surface area (Å²) in [5.41, 5.74) is 22.3. The van der Waals surface area contributed by atoms with Crippen molar-refractivity contribution in [2.45, 2.75) is 101 Å². The normalized spacial score (nSPS) is 11.8. The predicted molar refractivity (Wildman–Crippen MR) is 516 cm³/mol. The van der Waals surface area contributed by atoms with Crippen LogP contribution in [0.25, 0.3) is 56.3 Å². The lowest BCUT2D eigenvalue weighted by Crippen LogP contribution is -2.18. The van der Waals surface area contributed by atoms with Gasteiger partial charge in [0.25, 0.3) is 5.25 Å². The molecule has 0 aliphatic rings. The monoisotopic (exact) mass is 1930 g/mol. The highest BCUT2D eigenvalue weighted by molar-refractivity contribution is 8.00. The summed E-state index contributed by atoms with van der Waals surface area (Å²) in [7, 11) is -1.31. The summed E-state index contributed by atoms with van der Waals surface area (Å²) in [4.78, 5) is 23.5. The second-order valence-corrected chi connectivity index (χ2v) is 43.1. The molecule has 35 heteroatoms. The molecule has 131 heavy (non-hydrogen) atoms. The van der Waals surface area contributed by atoms with Crippen LogP contribution in [-0.2, 0) is 117 Å². The SMILES string of the molecule is CNS(=O)(=O)c1ccc(Cc2cc(C)cc(Cl)c2)c(-c2cn(C)cn2)c1.CNS(=O)(=O)c1ccc(Cc2ccc(C)c(Cl)c2)c(-c2cn(C)cn2)c1.CNS(=O)(=O)c1ccc(Cc2ccc(C)cc2)c(-c2cn(C)cn2)c1.CNS(=O)(=O)c1ccc(Cc2cccc(C)c2)c(-c2cn(C)cn2)c1.CNS(=O)(=O)c1ccc(Cc2cccc(SC(C)(F)F)c2)c(-c2cn(C)cn2)c1. The zero-order valence-corrected chi connectivity index (χ0v) is 81.3. The van der Waals surface area contributed by atoms with Gasteiger partial charge in [-0.2, -0.15) is 8.78 Å². The maximum atomic E-state index is 13.3. The summed E-state index contributed by atoms with van der Waals surface area (Å²) in [6, 6.07) is 61.0. The van der Waals surface area contributed by atoms with Crippen LogP contribution in [0.15, 0.2) is 292 Å². The maximum absolute atomic E-state index is 13.3. The summed E-state index contributed by atoms with van der Waals surface area (Å²) >= 11 is 12.9. The molecular weight excluding hydrogens is 1820 g/mol. The third-order valence-electron chi connectivity index (χ3n) is 20.9. The molecule has 5 N–H and O–H groups in total. The fourth-order valence-electron chi connectivity index (χ4n) is 14.1. The molecule has 25 nitrogen and oxygen atoms in total. The molecule has 686 valence electrons. The van der Waals surface area contributed by atoms with Crippen molar-refractivity contribution in [3.63, 3.8) is 0 Å². The number of aromatic nitrogens is 10. The standard InChI is InChI=1S/C20H21F2N3O2S2.2C19H20ClN3O2S.2C19H21N3O2S/c1-20(21,22)28-16-6-4-5-14(10-16)9-15-7-8-17(29(26,27)23-2)11-18(15)19-12-25(3)13-24-19;1-13-6-14(9-16(20)7-13)8-15-4-5-17(26(24,25)21-2)10-18(15)19-11-23(3)12-22-19;1-13-4-5-14(9-18(13)20)8-15-6-7-16(26(24,25)21-2)10-17(15)19-11-23(3)12-22-19;1-14-4-6-15(7-5-14)10-16-8-9-17(25(23,24)20-2)11-18(16)19-12-22(3)13-21-19;1-14-5-4-6-15(9-14)10-16-7-8-17(25(23,24)20-2)11-18(16)19-12-22(3)13-21-19/h4-8,10-13,23H,9H2,1-3H3;2*4-7,9-12,21H,8H2,1-3H3;2*4-9,11-13,20H,10H2,1-3H3. The molecule has 0 amide bonds. The van der Waals surface area contributed by atoms with Crippen molar-refractivity contribution in [3.8, 4) is 56.3 Å². The third kappa shape index (κ3) is 27.2. The second-order valence-electron chi connectivity index (χ2n) is 31.4. The van der Waals surface area contributed by atoms with Gasteiger partial charge in [-0.25, -0.2) is 90.6 Å². The lowest BCUT2D eigenvalue weighted by atomic mass is 9.97. The van der Waals surface area contributed by atoms with Gasteiger partial charge in [0.2, 0.25) is 50.1 Å². The van der Waals surface area contributed by atoms with Gasteiger partial charge in [0.05, 0.1) is 84.6 Å². The molecule has 0 fully saturated rings. The van der Waals surface area contributed by atoms with Crippen molar-refractivity contribution in [3.05, 3.63) is 351 Å². The summed E-state index contributed by atoms with van der Waals surface area (Å²) in [5, 5.41) is -1.45. The molecule has 0 unspecified atom stereocenters. The Bertz CT molecular complexity index is 7200. The van der Waals surface area contributed by atoms with E-state index in [4.69, 9.17) is 23.2 Å². The Morgan fingerprint density at radius 1 is 0.321 bits per heavy atom. The number of thioether (sulfide) groups is 1. The molecule has 15 aromatic rings. The number of halogens is 4. The molecule has 0 saturated heterocycles. The molecule has 0 spiro atoms. The lowest BCUT2D eigenvalue weighted by Gasteiger charge is -2.13. The average Bonchev–Trinajstić information content (AvgIpc) is 1.76. The molecule has 0 aliphatic carbocycles. The highest BCUT2D eigenvalue weighted by atomic mass is 35.5. The second kappa shape index (κ2) is 43.3. The summed E-state index contributed by atoms with van der Waals surface area (Å²) < 4.78 is 169. The average molecular weight is 1930 g/mol. The van der Waals surface area contributed by atoms with Crippen LogP contribution in [0.5, 0.6) is 0 Å². The molecule has 0 radical (unpaired) electrons. The van der Waals surface area contributed by atoms with Crippen LogP contribution < -0.4 is 23.6 Å². The van der Waals surface area contributed by atoms with Crippen molar-refractivity contribution in [1.82, 2.24) is 71.4 Å². The first-order valence-corrected chi connectivity index (χ1v) is 49.9. The predicted octanol–water partition coefficient (Wildman–Crippen LogP) is 17.2. The molecule has 0 aliphatic heterocycles. The molecule has 0 saturated carbocycles. The fourth-order valence-corrected chi connectivity index (χ4v) is 19.2. The van der Waals surface area contributed by atoms with Crippen LogP contribution in [0.4, 0.5) is 8.78 Å². The molecule has 0 atom stereocenters. The number of hydrogen-bond donors (Lipinski definition) is 5. The number of imidazole rings is 5. The van der Waals surface area contributed by atoms with Crippen LogP contribution in [0.3, 0.4) is 0 Å². The Balaban J connectivity index is 0.000000158. The Morgan fingerprint density at radius 3 is 0.901 bits per heavy atom. The van der Waals surface area contributed by atoms with E-state index in [1.807, 2.05) is 159 Å². The summed E-state index contributed by atoms with van der Waals surface area (Å²) in [5.74, 6) is 0. The Hall–Kier alpha value is -11.4. The van der Waals surface area contributed by atoms with E-state index in [-0.39, 0.29) is 24.5 Å². The first-order valence-electron chi connectivity index (χ1n) is 41.0. The van der Waals surface area contributed by atoms with E-state index < -0.39 is 55.4 Å². The third-order valence-corrected chi connectivity index (χ3v) is 29.4. The number of hydrogen-bond acceptors (Lipinski definition) is 16. The number of alkyl halides is 2. The highest BCUT2D eigenvalue weighted by Crippen LogP contribution is 2.38. The smallest absolute Gasteiger partial charge is 0.295 e. The number of benzene rings is 10. The van der Waals surface area contributed by atoms with Crippen LogP contribution in [0.1, 0.15) is 84.8 Å². The number of sulfonamides is 5. The number of nitrogens with zero attached hydrogens (tertiary/aromatic N) is 10. The van der Waals surface area contributed by atoms with Crippen molar-refractivity contribution in [2.75, 3.05) is 35.2 Å². The first-order chi connectivity index (χ1) is 61.9. The number of rotatable bonds is 27. The number of aryl methyl sites for hydroxylation is 9. The summed E-state index contributed by atoms with van der Waals surface area (Å²) in [6.07, 6.45) is 20.9. The van der Waals surface area contributed by atoms with Gasteiger partial charge in [0.1, 0.15) is 0 Å². The van der Waals surface area contributed by atoms with Gasteiger partial charge in [-0.05, 0) is 253 Å². The topological polar surface area (TPSA) is 320 Å². The maximum Gasteiger partial charge on any atom is 0.295 e. The van der Waals surface area contributed by atoms with E-state index in [0.29, 0.717) is 65.0 Å². The van der Waals surface area contributed by atoms with Gasteiger partial charge in [-0.15, -0.1) is 0 Å². The first kappa shape index (κ1) is 100. The molecule has 10 aromatic carbocycles. The van der Waals surface area contributed by atoms with E-state index in [0.717, 1.165) is 113 Å². The minimum absolute atomic E-state index is 0.138. The van der Waals surface area contributed by atoms with Crippen molar-refractivity contribution in [1.29, 1.82) is 0 Å². The highest BCUT2D eigenvalue weighted by Gasteiger charge is 2.26. The van der Waals surface area contributed by atoms with Crippen molar-refractivity contribution >= 4 is 85.1 Å². The fraction of sp³-hybridized carbons (Fsp3) is 0.219. The van der Waals surface area contributed by atoms with E-state index in [1.165, 1.54) is 63.6 Å². The molecule has 5 heterocycles. The van der Waals surface area contributed by atoms with E-state index in [1.54, 1.807) is 121 Å². The van der Waals surface area contributed by atoms with Crippen molar-refractivity contribution in [2.24, 2.45) is 35.2 Å². The zero-order valence-electron chi connectivity index (χ0n) is 74.9. The zero-order chi connectivity index (χ0) is 95.1.